The van der Waals surface area contributed by atoms with E-state index in [1.165, 1.54) is 11.1 Å². The fourth-order valence-electron chi connectivity index (χ4n) is 2.07. The molecule has 0 fully saturated rings. The summed E-state index contributed by atoms with van der Waals surface area (Å²) >= 11 is 0. The topological polar surface area (TPSA) is 62.7 Å². The zero-order valence-corrected chi connectivity index (χ0v) is 10.8. The fourth-order valence-corrected chi connectivity index (χ4v) is 2.07. The highest BCUT2D eigenvalue weighted by Gasteiger charge is 2.11. The predicted octanol–water partition coefficient (Wildman–Crippen LogP) is 3.13. The van der Waals surface area contributed by atoms with Gasteiger partial charge in [-0.2, -0.15) is 5.26 Å². The van der Waals surface area contributed by atoms with Gasteiger partial charge in [0.15, 0.2) is 0 Å². The molecular weight excluding hydrogens is 222 g/mol. The van der Waals surface area contributed by atoms with E-state index < -0.39 is 0 Å². The van der Waals surface area contributed by atoms with E-state index in [1.54, 1.807) is 6.20 Å². The molecular formula is C15H15N3. The Morgan fingerprint density at radius 3 is 2.39 bits per heavy atom. The van der Waals surface area contributed by atoms with E-state index in [-0.39, 0.29) is 5.82 Å². The molecule has 0 aliphatic heterocycles. The minimum atomic E-state index is 0.285. The number of nitrogens with two attached hydrogens (primary N) is 1. The molecule has 2 rings (SSSR count). The number of aromatic nitrogens is 1. The molecule has 0 saturated carbocycles. The average Bonchev–Trinajstić information content (AvgIpc) is 2.33. The third-order valence-electron chi connectivity index (χ3n) is 3.22. The second-order valence-corrected chi connectivity index (χ2v) is 4.48. The Bertz CT molecular complexity index is 652. The number of anilines is 1. The first-order valence-corrected chi connectivity index (χ1v) is 5.77. The first-order chi connectivity index (χ1) is 8.54. The van der Waals surface area contributed by atoms with Crippen LogP contribution < -0.4 is 5.73 Å². The third kappa shape index (κ3) is 1.93. The Hall–Kier alpha value is -2.34. The van der Waals surface area contributed by atoms with E-state index in [1.807, 2.05) is 13.0 Å². The second-order valence-electron chi connectivity index (χ2n) is 4.48. The van der Waals surface area contributed by atoms with Gasteiger partial charge >= 0.3 is 0 Å². The fraction of sp³-hybridized carbons (Fsp3) is 0.200. The molecule has 3 nitrogen and oxygen atoms in total. The lowest BCUT2D eigenvalue weighted by atomic mass is 9.93. The summed E-state index contributed by atoms with van der Waals surface area (Å²) in [7, 11) is 0. The quantitative estimate of drug-likeness (QED) is 0.828. The zero-order valence-electron chi connectivity index (χ0n) is 10.8. The molecule has 90 valence electrons. The van der Waals surface area contributed by atoms with Crippen molar-refractivity contribution in [3.05, 3.63) is 46.6 Å². The van der Waals surface area contributed by atoms with Crippen molar-refractivity contribution >= 4 is 5.82 Å². The van der Waals surface area contributed by atoms with Crippen molar-refractivity contribution in [2.75, 3.05) is 5.73 Å². The summed E-state index contributed by atoms with van der Waals surface area (Å²) in [5.41, 5.74) is 11.7. The minimum Gasteiger partial charge on any atom is -0.383 e. The molecule has 1 heterocycles. The van der Waals surface area contributed by atoms with Gasteiger partial charge in [0.2, 0.25) is 0 Å². The maximum absolute atomic E-state index is 9.21. The number of nitriles is 1. The van der Waals surface area contributed by atoms with Gasteiger partial charge in [0.1, 0.15) is 17.5 Å². The minimum absolute atomic E-state index is 0.285. The van der Waals surface area contributed by atoms with E-state index >= 15 is 0 Å². The monoisotopic (exact) mass is 237 g/mol. The lowest BCUT2D eigenvalue weighted by molar-refractivity contribution is 1.28. The number of rotatable bonds is 1. The van der Waals surface area contributed by atoms with Gasteiger partial charge in [-0.25, -0.2) is 4.98 Å². The molecule has 1 aromatic heterocycles. The number of benzene rings is 1. The van der Waals surface area contributed by atoms with Gasteiger partial charge in [0, 0.05) is 11.8 Å². The van der Waals surface area contributed by atoms with Crippen LogP contribution in [-0.4, -0.2) is 4.98 Å². The van der Waals surface area contributed by atoms with Gasteiger partial charge in [-0.05, 0) is 49.1 Å². The highest BCUT2D eigenvalue weighted by molar-refractivity contribution is 5.77. The highest BCUT2D eigenvalue weighted by Crippen LogP contribution is 2.30. The number of pyridine rings is 1. The van der Waals surface area contributed by atoms with E-state index in [0.717, 1.165) is 16.7 Å². The van der Waals surface area contributed by atoms with Crippen LogP contribution in [0.15, 0.2) is 24.4 Å². The summed E-state index contributed by atoms with van der Waals surface area (Å²) in [4.78, 5) is 3.96. The van der Waals surface area contributed by atoms with Crippen LogP contribution in [-0.2, 0) is 0 Å². The average molecular weight is 237 g/mol. The summed E-state index contributed by atoms with van der Waals surface area (Å²) < 4.78 is 0. The molecule has 0 aliphatic rings. The molecule has 0 spiro atoms. The molecule has 0 aliphatic carbocycles. The van der Waals surface area contributed by atoms with Crippen LogP contribution in [0.3, 0.4) is 0 Å². The molecule has 0 radical (unpaired) electrons. The van der Waals surface area contributed by atoms with Gasteiger partial charge in [-0.15, -0.1) is 0 Å². The molecule has 0 unspecified atom stereocenters. The lowest BCUT2D eigenvalue weighted by Gasteiger charge is -2.12. The van der Waals surface area contributed by atoms with Crippen molar-refractivity contribution in [2.24, 2.45) is 0 Å². The Kier molecular flexibility index (Phi) is 3.03. The van der Waals surface area contributed by atoms with Gasteiger partial charge in [-0.3, -0.25) is 0 Å². The molecule has 18 heavy (non-hydrogen) atoms. The summed E-state index contributed by atoms with van der Waals surface area (Å²) in [6, 6.07) is 8.20. The maximum Gasteiger partial charge on any atom is 0.141 e. The highest BCUT2D eigenvalue weighted by atomic mass is 14.8. The zero-order chi connectivity index (χ0) is 13.3. The molecule has 2 aromatic rings. The molecule has 1 aromatic carbocycles. The van der Waals surface area contributed by atoms with E-state index in [2.05, 4.69) is 37.0 Å². The first-order valence-electron chi connectivity index (χ1n) is 5.77. The summed E-state index contributed by atoms with van der Waals surface area (Å²) in [5, 5.41) is 9.21. The van der Waals surface area contributed by atoms with Crippen LogP contribution in [0.25, 0.3) is 11.1 Å². The predicted molar refractivity (Wildman–Crippen MR) is 73.0 cm³/mol. The molecule has 2 N–H and O–H groups in total. The molecule has 0 amide bonds. The SMILES string of the molecule is Cc1cc(C)c(-c2ccnc(N)c2C#N)cc1C. The molecule has 0 bridgehead atoms. The van der Waals surface area contributed by atoms with Crippen LogP contribution in [0.5, 0.6) is 0 Å². The number of nitrogen functional groups attached to an aromatic ring is 1. The number of hydrogen-bond acceptors (Lipinski definition) is 3. The van der Waals surface area contributed by atoms with Crippen molar-refractivity contribution in [3.63, 3.8) is 0 Å². The largest absolute Gasteiger partial charge is 0.383 e. The number of hydrogen-bond donors (Lipinski definition) is 1. The summed E-state index contributed by atoms with van der Waals surface area (Å²) in [6.07, 6.45) is 1.64. The Balaban J connectivity index is 2.74. The first kappa shape index (κ1) is 12.1. The molecule has 3 heteroatoms. The molecule has 0 saturated heterocycles. The van der Waals surface area contributed by atoms with E-state index in [0.29, 0.717) is 5.56 Å². The molecule has 0 atom stereocenters. The summed E-state index contributed by atoms with van der Waals surface area (Å²) in [5.74, 6) is 0.285. The van der Waals surface area contributed by atoms with Crippen molar-refractivity contribution in [3.8, 4) is 17.2 Å². The van der Waals surface area contributed by atoms with Crippen LogP contribution in [0.1, 0.15) is 22.3 Å². The number of nitrogens with zero attached hydrogens (tertiary/aromatic N) is 2. The van der Waals surface area contributed by atoms with Crippen molar-refractivity contribution in [1.82, 2.24) is 4.98 Å². The van der Waals surface area contributed by atoms with Crippen molar-refractivity contribution in [1.29, 1.82) is 5.26 Å². The van der Waals surface area contributed by atoms with Crippen LogP contribution in [0, 0.1) is 32.1 Å². The van der Waals surface area contributed by atoms with Crippen LogP contribution in [0.2, 0.25) is 0 Å². The number of aryl methyl sites for hydroxylation is 3. The smallest absolute Gasteiger partial charge is 0.141 e. The summed E-state index contributed by atoms with van der Waals surface area (Å²) in [6.45, 7) is 6.19. The van der Waals surface area contributed by atoms with E-state index in [4.69, 9.17) is 5.73 Å². The maximum atomic E-state index is 9.21. The standard InChI is InChI=1S/C15H15N3/c1-9-6-11(3)13(7-10(9)2)12-4-5-18-15(17)14(12)8-16/h4-7H,1-3H3,(H2,17,18). The second kappa shape index (κ2) is 4.50. The van der Waals surface area contributed by atoms with Gasteiger partial charge < -0.3 is 5.73 Å². The van der Waals surface area contributed by atoms with Crippen molar-refractivity contribution in [2.45, 2.75) is 20.8 Å². The van der Waals surface area contributed by atoms with Crippen molar-refractivity contribution < 1.29 is 0 Å². The van der Waals surface area contributed by atoms with Gasteiger partial charge in [0.25, 0.3) is 0 Å². The van der Waals surface area contributed by atoms with Crippen LogP contribution in [0.4, 0.5) is 5.82 Å². The lowest BCUT2D eigenvalue weighted by Crippen LogP contribution is -1.98. The van der Waals surface area contributed by atoms with Crippen LogP contribution >= 0.6 is 0 Å². The van der Waals surface area contributed by atoms with Gasteiger partial charge in [-0.1, -0.05) is 12.1 Å². The third-order valence-corrected chi connectivity index (χ3v) is 3.22. The van der Waals surface area contributed by atoms with Gasteiger partial charge in [0.05, 0.1) is 0 Å². The Labute approximate surface area is 107 Å². The Morgan fingerprint density at radius 2 is 1.72 bits per heavy atom. The van der Waals surface area contributed by atoms with E-state index in [9.17, 15) is 5.26 Å². The Morgan fingerprint density at radius 1 is 1.06 bits per heavy atom. The normalized spacial score (nSPS) is 10.1.